The maximum absolute atomic E-state index is 11.8. The third kappa shape index (κ3) is 3.33. The zero-order chi connectivity index (χ0) is 13.7. The minimum Gasteiger partial charge on any atom is -0.376 e. The summed E-state index contributed by atoms with van der Waals surface area (Å²) in [5.74, 6) is -0.00645. The number of rotatable bonds is 5. The third-order valence-electron chi connectivity index (χ3n) is 3.75. The van der Waals surface area contributed by atoms with Gasteiger partial charge in [0.05, 0.1) is 23.7 Å². The van der Waals surface area contributed by atoms with Gasteiger partial charge in [0, 0.05) is 13.7 Å². The molecule has 0 radical (unpaired) electrons. The Morgan fingerprint density at radius 3 is 2.58 bits per heavy atom. The van der Waals surface area contributed by atoms with Crippen LogP contribution in [-0.2, 0) is 16.0 Å². The molecule has 0 heterocycles. The number of nitrogens with one attached hydrogen (secondary N) is 1. The van der Waals surface area contributed by atoms with Gasteiger partial charge in [0.2, 0.25) is 5.91 Å². The molecular weight excluding hydrogens is 240 g/mol. The van der Waals surface area contributed by atoms with Crippen LogP contribution in [0.5, 0.6) is 0 Å². The van der Waals surface area contributed by atoms with E-state index in [4.69, 9.17) is 10.00 Å². The lowest BCUT2D eigenvalue weighted by Gasteiger charge is -2.40. The third-order valence-corrected chi connectivity index (χ3v) is 3.75. The van der Waals surface area contributed by atoms with Crippen molar-refractivity contribution in [1.82, 2.24) is 5.32 Å². The number of nitrogens with zero attached hydrogens (tertiary/aromatic N) is 1. The highest BCUT2D eigenvalue weighted by Gasteiger charge is 2.37. The molecule has 1 aliphatic carbocycles. The highest BCUT2D eigenvalue weighted by Crippen LogP contribution is 2.34. The van der Waals surface area contributed by atoms with E-state index < -0.39 is 0 Å². The van der Waals surface area contributed by atoms with Gasteiger partial charge in [-0.15, -0.1) is 0 Å². The van der Waals surface area contributed by atoms with Crippen LogP contribution in [0.15, 0.2) is 24.3 Å². The number of hydrogen-bond acceptors (Lipinski definition) is 3. The highest BCUT2D eigenvalue weighted by molar-refractivity contribution is 5.78. The van der Waals surface area contributed by atoms with Gasteiger partial charge < -0.3 is 10.1 Å². The Labute approximate surface area is 113 Å². The Kier molecular flexibility index (Phi) is 4.18. The molecule has 4 heteroatoms. The van der Waals surface area contributed by atoms with Gasteiger partial charge in [-0.1, -0.05) is 12.1 Å². The number of carbonyl (C=O) groups is 1. The van der Waals surface area contributed by atoms with E-state index in [-0.39, 0.29) is 11.5 Å². The molecule has 0 unspecified atom stereocenters. The number of nitriles is 1. The van der Waals surface area contributed by atoms with Crippen molar-refractivity contribution >= 4 is 5.91 Å². The molecule has 1 aromatic carbocycles. The van der Waals surface area contributed by atoms with Crippen LogP contribution in [0, 0.1) is 11.3 Å². The molecule has 1 saturated carbocycles. The smallest absolute Gasteiger partial charge is 0.224 e. The van der Waals surface area contributed by atoms with Gasteiger partial charge in [0.15, 0.2) is 0 Å². The Bertz CT molecular complexity index is 478. The Morgan fingerprint density at radius 1 is 1.42 bits per heavy atom. The highest BCUT2D eigenvalue weighted by atomic mass is 16.5. The van der Waals surface area contributed by atoms with Gasteiger partial charge >= 0.3 is 0 Å². The predicted octanol–water partition coefficient (Wildman–Crippen LogP) is 1.79. The maximum Gasteiger partial charge on any atom is 0.224 e. The molecule has 19 heavy (non-hydrogen) atoms. The monoisotopic (exact) mass is 258 g/mol. The Balaban J connectivity index is 1.82. The summed E-state index contributed by atoms with van der Waals surface area (Å²) in [7, 11) is 1.70. The summed E-state index contributed by atoms with van der Waals surface area (Å²) in [5, 5.41) is 11.6. The van der Waals surface area contributed by atoms with Crippen molar-refractivity contribution in [3.63, 3.8) is 0 Å². The molecule has 100 valence electrons. The molecule has 0 bridgehead atoms. The maximum atomic E-state index is 11.8. The molecule has 0 aliphatic heterocycles. The minimum atomic E-state index is -0.139. The molecule has 1 N–H and O–H groups in total. The summed E-state index contributed by atoms with van der Waals surface area (Å²) in [4.78, 5) is 11.8. The molecule has 0 saturated heterocycles. The van der Waals surface area contributed by atoms with Crippen molar-refractivity contribution in [2.24, 2.45) is 0 Å². The van der Waals surface area contributed by atoms with Crippen LogP contribution in [0.25, 0.3) is 0 Å². The van der Waals surface area contributed by atoms with Crippen molar-refractivity contribution in [1.29, 1.82) is 5.26 Å². The average molecular weight is 258 g/mol. The largest absolute Gasteiger partial charge is 0.376 e. The first kappa shape index (κ1) is 13.6. The standard InChI is InChI=1S/C15H18N2O2/c1-19-15(7-2-8-15)11-17-14(18)9-12-3-5-13(10-16)6-4-12/h3-6H,2,7-9,11H2,1H3,(H,17,18). The van der Waals surface area contributed by atoms with Gasteiger partial charge in [0.1, 0.15) is 0 Å². The van der Waals surface area contributed by atoms with Gasteiger partial charge in [-0.3, -0.25) is 4.79 Å². The van der Waals surface area contributed by atoms with E-state index in [0.29, 0.717) is 18.5 Å². The average Bonchev–Trinajstić information content (AvgIpc) is 2.39. The van der Waals surface area contributed by atoms with Gasteiger partial charge in [-0.2, -0.15) is 5.26 Å². The van der Waals surface area contributed by atoms with Crippen molar-refractivity contribution in [2.45, 2.75) is 31.3 Å². The summed E-state index contributed by atoms with van der Waals surface area (Å²) >= 11 is 0. The topological polar surface area (TPSA) is 62.1 Å². The molecule has 1 amide bonds. The second kappa shape index (κ2) is 5.85. The predicted molar refractivity (Wildman–Crippen MR) is 71.5 cm³/mol. The second-order valence-corrected chi connectivity index (χ2v) is 5.00. The van der Waals surface area contributed by atoms with Crippen molar-refractivity contribution in [3.05, 3.63) is 35.4 Å². The molecule has 0 atom stereocenters. The lowest BCUT2D eigenvalue weighted by atomic mass is 9.80. The number of ether oxygens (including phenoxy) is 1. The molecular formula is C15H18N2O2. The fraction of sp³-hybridized carbons (Fsp3) is 0.467. The first-order valence-corrected chi connectivity index (χ1v) is 6.48. The van der Waals surface area contributed by atoms with Crippen LogP contribution < -0.4 is 5.32 Å². The normalized spacial score (nSPS) is 16.2. The molecule has 4 nitrogen and oxygen atoms in total. The van der Waals surface area contributed by atoms with Crippen molar-refractivity contribution in [2.75, 3.05) is 13.7 Å². The van der Waals surface area contributed by atoms with Crippen LogP contribution in [0.4, 0.5) is 0 Å². The van der Waals surface area contributed by atoms with E-state index >= 15 is 0 Å². The second-order valence-electron chi connectivity index (χ2n) is 5.00. The fourth-order valence-corrected chi connectivity index (χ4v) is 2.23. The molecule has 2 rings (SSSR count). The van der Waals surface area contributed by atoms with Crippen LogP contribution in [0.3, 0.4) is 0 Å². The molecule has 1 aromatic rings. The summed E-state index contributed by atoms with van der Waals surface area (Å²) in [6.45, 7) is 0.582. The first-order valence-electron chi connectivity index (χ1n) is 6.48. The number of carbonyl (C=O) groups excluding carboxylic acids is 1. The minimum absolute atomic E-state index is 0.00645. The molecule has 1 aliphatic rings. The lowest BCUT2D eigenvalue weighted by molar-refractivity contribution is -0.124. The summed E-state index contributed by atoms with van der Waals surface area (Å²) < 4.78 is 5.45. The fourth-order valence-electron chi connectivity index (χ4n) is 2.23. The zero-order valence-corrected chi connectivity index (χ0v) is 11.1. The first-order chi connectivity index (χ1) is 9.17. The summed E-state index contributed by atoms with van der Waals surface area (Å²) in [6.07, 6.45) is 3.53. The lowest BCUT2D eigenvalue weighted by Crippen LogP contribution is -2.49. The van der Waals surface area contributed by atoms with Crippen molar-refractivity contribution < 1.29 is 9.53 Å². The molecule has 0 aromatic heterocycles. The number of benzene rings is 1. The van der Waals surface area contributed by atoms with E-state index in [2.05, 4.69) is 11.4 Å². The zero-order valence-electron chi connectivity index (χ0n) is 11.1. The van der Waals surface area contributed by atoms with E-state index in [0.717, 1.165) is 18.4 Å². The SMILES string of the molecule is COC1(CNC(=O)Cc2ccc(C#N)cc2)CCC1. The van der Waals surface area contributed by atoms with E-state index in [1.165, 1.54) is 6.42 Å². The molecule has 0 spiro atoms. The number of amides is 1. The van der Waals surface area contributed by atoms with Crippen LogP contribution in [0.1, 0.15) is 30.4 Å². The Morgan fingerprint density at radius 2 is 2.11 bits per heavy atom. The summed E-state index contributed by atoms with van der Waals surface area (Å²) in [5.41, 5.74) is 1.38. The van der Waals surface area contributed by atoms with Gasteiger partial charge in [-0.25, -0.2) is 0 Å². The van der Waals surface area contributed by atoms with Crippen LogP contribution >= 0.6 is 0 Å². The number of hydrogen-bond donors (Lipinski definition) is 1. The quantitative estimate of drug-likeness (QED) is 0.875. The van der Waals surface area contributed by atoms with E-state index in [1.807, 2.05) is 12.1 Å². The van der Waals surface area contributed by atoms with E-state index in [1.54, 1.807) is 19.2 Å². The van der Waals surface area contributed by atoms with E-state index in [9.17, 15) is 4.79 Å². The summed E-state index contributed by atoms with van der Waals surface area (Å²) in [6, 6.07) is 9.14. The van der Waals surface area contributed by atoms with Crippen LogP contribution in [0.2, 0.25) is 0 Å². The number of methoxy groups -OCH3 is 1. The van der Waals surface area contributed by atoms with Crippen LogP contribution in [-0.4, -0.2) is 25.2 Å². The molecule has 1 fully saturated rings. The van der Waals surface area contributed by atoms with Gasteiger partial charge in [0.25, 0.3) is 0 Å². The Hall–Kier alpha value is -1.86. The van der Waals surface area contributed by atoms with Gasteiger partial charge in [-0.05, 0) is 37.0 Å². The van der Waals surface area contributed by atoms with Crippen molar-refractivity contribution in [3.8, 4) is 6.07 Å².